The molecule has 1 aromatic carbocycles. The number of anilines is 2. The molecule has 0 unspecified atom stereocenters. The monoisotopic (exact) mass is 254 g/mol. The van der Waals surface area contributed by atoms with Crippen molar-refractivity contribution in [3.63, 3.8) is 0 Å². The number of alkyl halides is 1. The van der Waals surface area contributed by atoms with Gasteiger partial charge in [0.15, 0.2) is 5.78 Å². The molecule has 4 nitrogen and oxygen atoms in total. The summed E-state index contributed by atoms with van der Waals surface area (Å²) in [6, 6.07) is 5.47. The van der Waals surface area contributed by atoms with Gasteiger partial charge in [0.2, 0.25) is 0 Å². The Morgan fingerprint density at radius 2 is 2.12 bits per heavy atom. The van der Waals surface area contributed by atoms with E-state index in [-0.39, 0.29) is 11.7 Å². The van der Waals surface area contributed by atoms with Crippen LogP contribution in [-0.4, -0.2) is 38.0 Å². The largest absolute Gasteiger partial charge is 0.398 e. The van der Waals surface area contributed by atoms with Crippen LogP contribution in [0.15, 0.2) is 18.2 Å². The van der Waals surface area contributed by atoms with Crippen molar-refractivity contribution < 1.29 is 9.53 Å². The van der Waals surface area contributed by atoms with Crippen LogP contribution in [0.25, 0.3) is 0 Å². The molecule has 2 N–H and O–H groups in total. The van der Waals surface area contributed by atoms with Gasteiger partial charge in [-0.3, -0.25) is 4.79 Å². The molecule has 92 valence electrons. The number of nitrogens with zero attached hydrogens (tertiary/aromatic N) is 1. The highest BCUT2D eigenvalue weighted by atomic mass is 35.5. The molecule has 1 aromatic rings. The van der Waals surface area contributed by atoms with Crippen molar-refractivity contribution in [3.8, 4) is 0 Å². The molecular weight excluding hydrogens is 240 g/mol. The van der Waals surface area contributed by atoms with Crippen LogP contribution in [0, 0.1) is 0 Å². The van der Waals surface area contributed by atoms with Crippen LogP contribution in [0.3, 0.4) is 0 Å². The second kappa shape index (κ2) is 5.38. The molecule has 17 heavy (non-hydrogen) atoms. The van der Waals surface area contributed by atoms with Crippen molar-refractivity contribution in [1.82, 2.24) is 0 Å². The summed E-state index contributed by atoms with van der Waals surface area (Å²) < 4.78 is 5.29. The second-order valence-electron chi connectivity index (χ2n) is 3.93. The van der Waals surface area contributed by atoms with Gasteiger partial charge < -0.3 is 15.4 Å². The third-order valence-corrected chi connectivity index (χ3v) is 3.08. The normalized spacial score (nSPS) is 15.9. The third-order valence-electron chi connectivity index (χ3n) is 2.83. The summed E-state index contributed by atoms with van der Waals surface area (Å²) in [5.41, 5.74) is 7.88. The molecule has 1 saturated heterocycles. The fourth-order valence-electron chi connectivity index (χ4n) is 1.89. The highest BCUT2D eigenvalue weighted by molar-refractivity contribution is 6.31. The Labute approximate surface area is 105 Å². The smallest absolute Gasteiger partial charge is 0.179 e. The Morgan fingerprint density at radius 1 is 1.41 bits per heavy atom. The van der Waals surface area contributed by atoms with E-state index >= 15 is 0 Å². The van der Waals surface area contributed by atoms with Gasteiger partial charge in [0.25, 0.3) is 0 Å². The SMILES string of the molecule is Nc1cc(N2CCOCC2)ccc1C(=O)CCl. The standard InChI is InChI=1S/C12H15ClN2O2/c13-8-12(16)10-2-1-9(7-11(10)14)15-3-5-17-6-4-15/h1-2,7H,3-6,8,14H2. The van der Waals surface area contributed by atoms with Crippen molar-refractivity contribution in [2.75, 3.05) is 42.8 Å². The van der Waals surface area contributed by atoms with Crippen LogP contribution in [0.5, 0.6) is 0 Å². The number of morpholine rings is 1. The number of nitrogen functional groups attached to an aromatic ring is 1. The van der Waals surface area contributed by atoms with Crippen LogP contribution >= 0.6 is 11.6 Å². The average Bonchev–Trinajstić information content (AvgIpc) is 2.39. The van der Waals surface area contributed by atoms with Gasteiger partial charge >= 0.3 is 0 Å². The van der Waals surface area contributed by atoms with Crippen molar-refractivity contribution >= 4 is 28.8 Å². The molecule has 0 saturated carbocycles. The number of nitrogens with two attached hydrogens (primary N) is 1. The van der Waals surface area contributed by atoms with Gasteiger partial charge in [0.1, 0.15) is 0 Å². The maximum Gasteiger partial charge on any atom is 0.179 e. The lowest BCUT2D eigenvalue weighted by Crippen LogP contribution is -2.36. The molecule has 0 aliphatic carbocycles. The molecule has 0 amide bonds. The highest BCUT2D eigenvalue weighted by Crippen LogP contribution is 2.22. The van der Waals surface area contributed by atoms with E-state index in [1.807, 2.05) is 12.1 Å². The van der Waals surface area contributed by atoms with E-state index in [1.54, 1.807) is 6.07 Å². The van der Waals surface area contributed by atoms with E-state index in [4.69, 9.17) is 22.1 Å². The summed E-state index contributed by atoms with van der Waals surface area (Å²) in [6.45, 7) is 3.15. The molecule has 1 aliphatic rings. The van der Waals surface area contributed by atoms with E-state index in [1.165, 1.54) is 0 Å². The van der Waals surface area contributed by atoms with Gasteiger partial charge in [-0.25, -0.2) is 0 Å². The number of carbonyl (C=O) groups excluding carboxylic acids is 1. The molecule has 1 aliphatic heterocycles. The number of hydrogen-bond donors (Lipinski definition) is 1. The summed E-state index contributed by atoms with van der Waals surface area (Å²) >= 11 is 5.51. The molecule has 2 rings (SSSR count). The number of ketones is 1. The van der Waals surface area contributed by atoms with Crippen molar-refractivity contribution in [2.24, 2.45) is 0 Å². The quantitative estimate of drug-likeness (QED) is 0.505. The van der Waals surface area contributed by atoms with E-state index < -0.39 is 0 Å². The Bertz CT molecular complexity index is 417. The second-order valence-corrected chi connectivity index (χ2v) is 4.20. The van der Waals surface area contributed by atoms with Gasteiger partial charge in [-0.05, 0) is 18.2 Å². The minimum absolute atomic E-state index is 0.0406. The summed E-state index contributed by atoms with van der Waals surface area (Å²) in [7, 11) is 0. The number of halogens is 1. The Kier molecular flexibility index (Phi) is 3.86. The third kappa shape index (κ3) is 2.70. The van der Waals surface area contributed by atoms with E-state index in [0.29, 0.717) is 11.3 Å². The molecule has 0 aromatic heterocycles. The first-order valence-electron chi connectivity index (χ1n) is 5.54. The van der Waals surface area contributed by atoms with Crippen LogP contribution in [0.2, 0.25) is 0 Å². The molecule has 0 spiro atoms. The fraction of sp³-hybridized carbons (Fsp3) is 0.417. The molecule has 5 heteroatoms. The summed E-state index contributed by atoms with van der Waals surface area (Å²) in [4.78, 5) is 13.7. The van der Waals surface area contributed by atoms with E-state index in [0.717, 1.165) is 32.0 Å². The van der Waals surface area contributed by atoms with Crippen LogP contribution in [-0.2, 0) is 4.74 Å². The molecule has 0 radical (unpaired) electrons. The lowest BCUT2D eigenvalue weighted by Gasteiger charge is -2.29. The van der Waals surface area contributed by atoms with Crippen molar-refractivity contribution in [1.29, 1.82) is 0 Å². The van der Waals surface area contributed by atoms with Crippen molar-refractivity contribution in [3.05, 3.63) is 23.8 Å². The maximum atomic E-state index is 11.5. The Morgan fingerprint density at radius 3 is 2.71 bits per heavy atom. The number of hydrogen-bond acceptors (Lipinski definition) is 4. The van der Waals surface area contributed by atoms with E-state index in [9.17, 15) is 4.79 Å². The zero-order valence-corrected chi connectivity index (χ0v) is 10.2. The molecule has 1 heterocycles. The maximum absolute atomic E-state index is 11.5. The summed E-state index contributed by atoms with van der Waals surface area (Å²) in [6.07, 6.45) is 0. The minimum atomic E-state index is -0.141. The molecular formula is C12H15ClN2O2. The lowest BCUT2D eigenvalue weighted by molar-refractivity contribution is 0.102. The fourth-order valence-corrected chi connectivity index (χ4v) is 2.04. The highest BCUT2D eigenvalue weighted by Gasteiger charge is 2.14. The molecule has 0 bridgehead atoms. The first kappa shape index (κ1) is 12.2. The predicted molar refractivity (Wildman–Crippen MR) is 68.9 cm³/mol. The zero-order valence-electron chi connectivity index (χ0n) is 9.49. The lowest BCUT2D eigenvalue weighted by atomic mass is 10.1. The average molecular weight is 255 g/mol. The number of carbonyl (C=O) groups is 1. The van der Waals surface area contributed by atoms with Crippen LogP contribution in [0.4, 0.5) is 11.4 Å². The number of ether oxygens (including phenoxy) is 1. The first-order chi connectivity index (χ1) is 8.22. The topological polar surface area (TPSA) is 55.6 Å². The number of benzene rings is 1. The van der Waals surface area contributed by atoms with Gasteiger partial charge in [-0.2, -0.15) is 0 Å². The zero-order chi connectivity index (χ0) is 12.3. The minimum Gasteiger partial charge on any atom is -0.398 e. The van der Waals surface area contributed by atoms with Gasteiger partial charge in [-0.15, -0.1) is 11.6 Å². The first-order valence-corrected chi connectivity index (χ1v) is 6.07. The Balaban J connectivity index is 2.20. The summed E-state index contributed by atoms with van der Waals surface area (Å²) in [5, 5.41) is 0. The number of rotatable bonds is 3. The Hall–Kier alpha value is -1.26. The van der Waals surface area contributed by atoms with Gasteiger partial charge in [0.05, 0.1) is 19.1 Å². The summed E-state index contributed by atoms with van der Waals surface area (Å²) in [5.74, 6) is -0.182. The van der Waals surface area contributed by atoms with Crippen LogP contribution in [0.1, 0.15) is 10.4 Å². The molecule has 1 fully saturated rings. The van der Waals surface area contributed by atoms with Crippen LogP contribution < -0.4 is 10.6 Å². The molecule has 0 atom stereocenters. The van der Waals surface area contributed by atoms with E-state index in [2.05, 4.69) is 4.90 Å². The van der Waals surface area contributed by atoms with Gasteiger partial charge in [-0.1, -0.05) is 0 Å². The predicted octanol–water partition coefficient (Wildman–Crippen LogP) is 1.53. The van der Waals surface area contributed by atoms with Gasteiger partial charge in [0, 0.05) is 30.0 Å². The number of Topliss-reactive ketones (excluding diaryl/α,β-unsaturated/α-hetero) is 1. The van der Waals surface area contributed by atoms with Crippen molar-refractivity contribution in [2.45, 2.75) is 0 Å².